The largest absolute Gasteiger partial charge is 0.481 e. The van der Waals surface area contributed by atoms with Crippen molar-refractivity contribution in [3.05, 3.63) is 0 Å². The van der Waals surface area contributed by atoms with Crippen LogP contribution in [0.4, 0.5) is 0 Å². The molecule has 2 unspecified atom stereocenters. The van der Waals surface area contributed by atoms with E-state index in [1.165, 1.54) is 0 Å². The predicted molar refractivity (Wildman–Crippen MR) is 42.8 cm³/mol. The van der Waals surface area contributed by atoms with Gasteiger partial charge < -0.3 is 9.84 Å². The van der Waals surface area contributed by atoms with Gasteiger partial charge in [0.05, 0.1) is 12.5 Å². The van der Waals surface area contributed by atoms with Crippen molar-refractivity contribution < 1.29 is 14.6 Å². The molecule has 1 spiro atoms. The lowest BCUT2D eigenvalue weighted by Crippen LogP contribution is -2.18. The molecule has 1 heterocycles. The predicted octanol–water partition coefficient (Wildman–Crippen LogP) is 1.28. The third-order valence-electron chi connectivity index (χ3n) is 3.24. The van der Waals surface area contributed by atoms with E-state index in [9.17, 15) is 4.79 Å². The molecule has 3 heteroatoms. The van der Waals surface area contributed by atoms with E-state index in [-0.39, 0.29) is 11.3 Å². The molecule has 3 nitrogen and oxygen atoms in total. The van der Waals surface area contributed by atoms with Crippen LogP contribution in [0.5, 0.6) is 0 Å². The molecule has 0 aromatic carbocycles. The summed E-state index contributed by atoms with van der Waals surface area (Å²) < 4.78 is 5.32. The fourth-order valence-electron chi connectivity index (χ4n) is 2.43. The lowest BCUT2D eigenvalue weighted by atomic mass is 9.85. The Hall–Kier alpha value is -0.570. The summed E-state index contributed by atoms with van der Waals surface area (Å²) >= 11 is 0. The van der Waals surface area contributed by atoms with E-state index >= 15 is 0 Å². The van der Waals surface area contributed by atoms with Crippen LogP contribution in [0.1, 0.15) is 25.7 Å². The van der Waals surface area contributed by atoms with Crippen molar-refractivity contribution in [2.45, 2.75) is 25.7 Å². The molecule has 1 saturated heterocycles. The summed E-state index contributed by atoms with van der Waals surface area (Å²) in [5.41, 5.74) is 0.239. The maximum Gasteiger partial charge on any atom is 0.306 e. The van der Waals surface area contributed by atoms with Crippen LogP contribution in [0, 0.1) is 11.3 Å². The normalized spacial score (nSPS) is 40.8. The van der Waals surface area contributed by atoms with Gasteiger partial charge in [-0.2, -0.15) is 0 Å². The molecule has 1 saturated carbocycles. The Morgan fingerprint density at radius 3 is 2.83 bits per heavy atom. The zero-order valence-electron chi connectivity index (χ0n) is 7.08. The highest BCUT2D eigenvalue weighted by Gasteiger charge is 2.44. The zero-order chi connectivity index (χ0) is 8.60. The van der Waals surface area contributed by atoms with Crippen LogP contribution in [0.3, 0.4) is 0 Å². The van der Waals surface area contributed by atoms with Crippen molar-refractivity contribution in [3.8, 4) is 0 Å². The highest BCUT2D eigenvalue weighted by atomic mass is 16.5. The molecular formula is C9H14O3. The quantitative estimate of drug-likeness (QED) is 0.644. The second-order valence-corrected chi connectivity index (χ2v) is 4.08. The summed E-state index contributed by atoms with van der Waals surface area (Å²) in [6, 6.07) is 0. The first-order chi connectivity index (χ1) is 5.72. The Labute approximate surface area is 71.7 Å². The van der Waals surface area contributed by atoms with Gasteiger partial charge in [-0.25, -0.2) is 0 Å². The summed E-state index contributed by atoms with van der Waals surface area (Å²) in [6.07, 6.45) is 3.79. The van der Waals surface area contributed by atoms with E-state index in [0.717, 1.165) is 38.9 Å². The van der Waals surface area contributed by atoms with Crippen LogP contribution in [0.15, 0.2) is 0 Å². The van der Waals surface area contributed by atoms with Crippen molar-refractivity contribution in [1.82, 2.24) is 0 Å². The molecule has 1 aliphatic carbocycles. The molecular weight excluding hydrogens is 156 g/mol. The highest BCUT2D eigenvalue weighted by Crippen LogP contribution is 2.47. The van der Waals surface area contributed by atoms with Gasteiger partial charge in [0.2, 0.25) is 0 Å². The molecule has 2 fully saturated rings. The van der Waals surface area contributed by atoms with Gasteiger partial charge in [-0.1, -0.05) is 0 Å². The van der Waals surface area contributed by atoms with Crippen LogP contribution in [-0.2, 0) is 9.53 Å². The second kappa shape index (κ2) is 2.73. The van der Waals surface area contributed by atoms with Gasteiger partial charge >= 0.3 is 5.97 Å². The van der Waals surface area contributed by atoms with Crippen LogP contribution in [-0.4, -0.2) is 24.3 Å². The molecule has 0 aromatic rings. The minimum Gasteiger partial charge on any atom is -0.481 e. The van der Waals surface area contributed by atoms with Crippen LogP contribution >= 0.6 is 0 Å². The Morgan fingerprint density at radius 2 is 2.33 bits per heavy atom. The first kappa shape index (κ1) is 8.05. The Balaban J connectivity index is 2.01. The second-order valence-electron chi connectivity index (χ2n) is 4.08. The van der Waals surface area contributed by atoms with Gasteiger partial charge in [0.15, 0.2) is 0 Å². The summed E-state index contributed by atoms with van der Waals surface area (Å²) in [4.78, 5) is 10.7. The third-order valence-corrected chi connectivity index (χ3v) is 3.24. The first-order valence-electron chi connectivity index (χ1n) is 4.52. The van der Waals surface area contributed by atoms with Crippen LogP contribution < -0.4 is 0 Å². The lowest BCUT2D eigenvalue weighted by molar-refractivity contribution is -0.141. The number of rotatable bonds is 1. The summed E-state index contributed by atoms with van der Waals surface area (Å²) in [5.74, 6) is -0.731. The summed E-state index contributed by atoms with van der Waals surface area (Å²) in [6.45, 7) is 1.61. The fourth-order valence-corrected chi connectivity index (χ4v) is 2.43. The fraction of sp³-hybridized carbons (Fsp3) is 0.889. The molecule has 12 heavy (non-hydrogen) atoms. The topological polar surface area (TPSA) is 46.5 Å². The number of hydrogen-bond acceptors (Lipinski definition) is 2. The van der Waals surface area contributed by atoms with Crippen LogP contribution in [0.25, 0.3) is 0 Å². The van der Waals surface area contributed by atoms with Gasteiger partial charge in [0.25, 0.3) is 0 Å². The summed E-state index contributed by atoms with van der Waals surface area (Å²) in [5, 5.41) is 8.82. The maximum absolute atomic E-state index is 10.7. The molecule has 0 aromatic heterocycles. The van der Waals surface area contributed by atoms with Crippen molar-refractivity contribution in [3.63, 3.8) is 0 Å². The monoisotopic (exact) mass is 170 g/mol. The molecule has 2 atom stereocenters. The highest BCUT2D eigenvalue weighted by molar-refractivity contribution is 5.70. The lowest BCUT2D eigenvalue weighted by Gasteiger charge is -2.19. The number of ether oxygens (including phenoxy) is 1. The van der Waals surface area contributed by atoms with Crippen molar-refractivity contribution in [2.75, 3.05) is 13.2 Å². The Kier molecular flexibility index (Phi) is 1.83. The van der Waals surface area contributed by atoms with E-state index in [4.69, 9.17) is 9.84 Å². The van der Waals surface area contributed by atoms with E-state index < -0.39 is 5.97 Å². The third kappa shape index (κ3) is 1.22. The number of carboxylic acid groups (broad SMARTS) is 1. The molecule has 2 aliphatic rings. The van der Waals surface area contributed by atoms with E-state index in [1.807, 2.05) is 0 Å². The van der Waals surface area contributed by atoms with E-state index in [0.29, 0.717) is 0 Å². The standard InChI is InChI=1S/C9H14O3/c10-8(11)7-1-2-9(5-7)3-4-12-6-9/h7H,1-6H2,(H,10,11). The molecule has 0 radical (unpaired) electrons. The SMILES string of the molecule is O=C(O)C1CCC2(CCOC2)C1. The molecule has 0 amide bonds. The molecule has 0 bridgehead atoms. The zero-order valence-corrected chi connectivity index (χ0v) is 7.08. The Morgan fingerprint density at radius 1 is 1.50 bits per heavy atom. The minimum atomic E-state index is -0.626. The maximum atomic E-state index is 10.7. The molecule has 68 valence electrons. The molecule has 1 N–H and O–H groups in total. The molecule has 1 aliphatic heterocycles. The Bertz CT molecular complexity index is 194. The number of carboxylic acids is 1. The van der Waals surface area contributed by atoms with Crippen molar-refractivity contribution >= 4 is 5.97 Å². The average molecular weight is 170 g/mol. The smallest absolute Gasteiger partial charge is 0.306 e. The first-order valence-corrected chi connectivity index (χ1v) is 4.52. The van der Waals surface area contributed by atoms with Gasteiger partial charge in [-0.3, -0.25) is 4.79 Å². The average Bonchev–Trinajstić information content (AvgIpc) is 2.62. The van der Waals surface area contributed by atoms with Crippen molar-refractivity contribution in [1.29, 1.82) is 0 Å². The summed E-state index contributed by atoms with van der Waals surface area (Å²) in [7, 11) is 0. The molecule has 2 rings (SSSR count). The minimum absolute atomic E-state index is 0.105. The van der Waals surface area contributed by atoms with E-state index in [1.54, 1.807) is 0 Å². The van der Waals surface area contributed by atoms with Gasteiger partial charge in [-0.05, 0) is 31.1 Å². The van der Waals surface area contributed by atoms with Crippen LogP contribution in [0.2, 0.25) is 0 Å². The number of hydrogen-bond donors (Lipinski definition) is 1. The van der Waals surface area contributed by atoms with Gasteiger partial charge in [-0.15, -0.1) is 0 Å². The van der Waals surface area contributed by atoms with E-state index in [2.05, 4.69) is 0 Å². The number of carbonyl (C=O) groups is 1. The van der Waals surface area contributed by atoms with Crippen molar-refractivity contribution in [2.24, 2.45) is 11.3 Å². The van der Waals surface area contributed by atoms with Gasteiger partial charge in [0.1, 0.15) is 0 Å². The number of aliphatic carboxylic acids is 1. The van der Waals surface area contributed by atoms with Gasteiger partial charge in [0, 0.05) is 6.61 Å².